The summed E-state index contributed by atoms with van der Waals surface area (Å²) < 4.78 is 42.4. The Morgan fingerprint density at radius 1 is 0.914 bits per heavy atom. The van der Waals surface area contributed by atoms with E-state index in [4.69, 9.17) is 33.2 Å². The van der Waals surface area contributed by atoms with E-state index in [1.165, 1.54) is 43.5 Å². The van der Waals surface area contributed by atoms with Gasteiger partial charge in [0, 0.05) is 42.0 Å². The number of ether oxygens (including phenoxy) is 7. The van der Waals surface area contributed by atoms with Gasteiger partial charge >= 0.3 is 5.97 Å². The lowest BCUT2D eigenvalue weighted by atomic mass is 9.67. The zero-order valence-corrected chi connectivity index (χ0v) is 33.4. The minimum absolute atomic E-state index is 0.0221. The number of carbonyl (C=O) groups is 4. The van der Waals surface area contributed by atoms with Crippen LogP contribution in [0.3, 0.4) is 0 Å². The Bertz CT molecular complexity index is 1990. The fourth-order valence-corrected chi connectivity index (χ4v) is 9.02. The van der Waals surface area contributed by atoms with E-state index in [0.29, 0.717) is 0 Å². The number of phenols is 2. The van der Waals surface area contributed by atoms with Crippen molar-refractivity contribution in [2.24, 2.45) is 0 Å². The van der Waals surface area contributed by atoms with E-state index in [9.17, 15) is 39.6 Å². The summed E-state index contributed by atoms with van der Waals surface area (Å²) in [5.41, 5.74) is -2.52. The molecule has 0 bridgehead atoms. The number of likely N-dealkylation sites (N-methyl/N-ethyl adjacent to an activating group) is 1. The van der Waals surface area contributed by atoms with Gasteiger partial charge in [0.15, 0.2) is 30.4 Å². The molecule has 2 saturated heterocycles. The Kier molecular flexibility index (Phi) is 11.7. The van der Waals surface area contributed by atoms with E-state index in [1.807, 2.05) is 19.0 Å². The van der Waals surface area contributed by atoms with Crippen molar-refractivity contribution in [3.8, 4) is 11.5 Å². The summed E-state index contributed by atoms with van der Waals surface area (Å²) in [4.78, 5) is 54.9. The normalized spacial score (nSPS) is 36.0. The van der Waals surface area contributed by atoms with Gasteiger partial charge in [-0.05, 0) is 71.1 Å². The molecule has 58 heavy (non-hydrogen) atoms. The van der Waals surface area contributed by atoms with Crippen molar-refractivity contribution in [2.45, 2.75) is 133 Å². The zero-order valence-electron chi connectivity index (χ0n) is 33.4. The number of hydrogen-bond acceptors (Lipinski definition) is 16. The van der Waals surface area contributed by atoms with Crippen LogP contribution in [0.1, 0.15) is 108 Å². The van der Waals surface area contributed by atoms with Crippen LogP contribution in [0.25, 0.3) is 0 Å². The molecule has 314 valence electrons. The van der Waals surface area contributed by atoms with Crippen molar-refractivity contribution in [3.63, 3.8) is 0 Å². The molecule has 0 spiro atoms. The third kappa shape index (κ3) is 7.39. The molecular weight excluding hydrogens is 758 g/mol. The summed E-state index contributed by atoms with van der Waals surface area (Å²) in [7, 11) is 4.90. The van der Waals surface area contributed by atoms with Crippen LogP contribution >= 0.6 is 0 Å². The molecule has 2 aromatic carbocycles. The van der Waals surface area contributed by atoms with Gasteiger partial charge in [0.2, 0.25) is 5.78 Å². The number of hydrogen-bond donors (Lipinski definition) is 4. The number of carbonyl (C=O) groups excluding carboxylic acids is 4. The molecule has 2 aromatic rings. The molecular formula is C42H51NO15. The smallest absolute Gasteiger partial charge is 0.316 e. The number of ketones is 3. The number of fused-ring (bicyclic) bond motifs is 3. The average Bonchev–Trinajstić information content (AvgIpc) is 3.17. The molecule has 0 radical (unpaired) electrons. The highest BCUT2D eigenvalue weighted by Gasteiger charge is 2.53. The number of phenolic OH excluding ortho intramolecular Hbond substituents is 2. The predicted octanol–water partition coefficient (Wildman–Crippen LogP) is 2.93. The van der Waals surface area contributed by atoms with Gasteiger partial charge in [0.25, 0.3) is 0 Å². The van der Waals surface area contributed by atoms with Gasteiger partial charge in [0.1, 0.15) is 35.7 Å². The van der Waals surface area contributed by atoms with Gasteiger partial charge in [-0.3, -0.25) is 19.2 Å². The Morgan fingerprint density at radius 3 is 2.24 bits per heavy atom. The SMILES string of the molecule is CC[C@@]1(O)C[C@H](O[C@H]2C[C@H](N(C)C)[C@H](O[C@H]3C[C@H](O)[C@H](O[C@H]4C=CC(=O)[C@H](C)O4)[C@H](C)O3)[C@H](C)O2)c2c(cc3c(c2O)C(=O)c2c(O)cccc2C3=O)[C@H]1C(=O)OC. The average molecular weight is 810 g/mol. The van der Waals surface area contributed by atoms with Crippen LogP contribution < -0.4 is 0 Å². The zero-order chi connectivity index (χ0) is 42.0. The topological polar surface area (TPSA) is 217 Å². The van der Waals surface area contributed by atoms with Crippen LogP contribution in [0.2, 0.25) is 0 Å². The lowest BCUT2D eigenvalue weighted by Crippen LogP contribution is -2.58. The van der Waals surface area contributed by atoms with Gasteiger partial charge in [-0.2, -0.15) is 0 Å². The summed E-state index contributed by atoms with van der Waals surface area (Å²) in [5, 5.41) is 45.8. The maximum Gasteiger partial charge on any atom is 0.316 e. The molecule has 0 saturated carbocycles. The first-order valence-corrected chi connectivity index (χ1v) is 19.6. The maximum atomic E-state index is 13.9. The van der Waals surface area contributed by atoms with Crippen molar-refractivity contribution >= 4 is 23.3 Å². The van der Waals surface area contributed by atoms with Gasteiger partial charge in [0.05, 0.1) is 48.3 Å². The fraction of sp³-hybridized carbons (Fsp3) is 0.571. The van der Waals surface area contributed by atoms with Crippen LogP contribution in [-0.2, 0) is 42.7 Å². The second kappa shape index (κ2) is 16.2. The molecule has 3 aliphatic heterocycles. The van der Waals surface area contributed by atoms with E-state index in [-0.39, 0.29) is 70.9 Å². The van der Waals surface area contributed by atoms with Crippen LogP contribution in [0.4, 0.5) is 0 Å². The largest absolute Gasteiger partial charge is 0.507 e. The number of esters is 1. The summed E-state index contributed by atoms with van der Waals surface area (Å²) in [6.07, 6.45) is -4.94. The second-order valence-electron chi connectivity index (χ2n) is 16.0. The molecule has 2 aliphatic carbocycles. The Hall–Kier alpha value is -4.10. The number of aliphatic hydroxyl groups is 2. The van der Waals surface area contributed by atoms with Crippen molar-refractivity contribution in [3.05, 3.63) is 69.8 Å². The van der Waals surface area contributed by atoms with Crippen LogP contribution in [0.15, 0.2) is 36.4 Å². The number of rotatable bonds is 9. The van der Waals surface area contributed by atoms with Gasteiger partial charge in [-0.15, -0.1) is 0 Å². The van der Waals surface area contributed by atoms with E-state index >= 15 is 0 Å². The van der Waals surface area contributed by atoms with E-state index < -0.39 is 102 Å². The monoisotopic (exact) mass is 809 g/mol. The lowest BCUT2D eigenvalue weighted by Gasteiger charge is -2.48. The summed E-state index contributed by atoms with van der Waals surface area (Å²) >= 11 is 0. The quantitative estimate of drug-likeness (QED) is 0.229. The summed E-state index contributed by atoms with van der Waals surface area (Å²) in [5.74, 6) is -4.79. The van der Waals surface area contributed by atoms with Crippen LogP contribution in [0.5, 0.6) is 11.5 Å². The first-order valence-electron chi connectivity index (χ1n) is 19.6. The highest BCUT2D eigenvalue weighted by molar-refractivity contribution is 6.30. The Labute approximate surface area is 335 Å². The lowest BCUT2D eigenvalue weighted by molar-refractivity contribution is -0.320. The van der Waals surface area contributed by atoms with E-state index in [2.05, 4.69) is 0 Å². The van der Waals surface area contributed by atoms with E-state index in [1.54, 1.807) is 27.7 Å². The fourth-order valence-electron chi connectivity index (χ4n) is 9.02. The predicted molar refractivity (Wildman–Crippen MR) is 201 cm³/mol. The second-order valence-corrected chi connectivity index (χ2v) is 16.0. The third-order valence-electron chi connectivity index (χ3n) is 12.1. The van der Waals surface area contributed by atoms with E-state index in [0.717, 1.165) is 0 Å². The molecule has 16 nitrogen and oxygen atoms in total. The van der Waals surface area contributed by atoms with Gasteiger partial charge in [-0.25, -0.2) is 0 Å². The number of aromatic hydroxyl groups is 2. The molecule has 7 rings (SSSR count). The van der Waals surface area contributed by atoms with Gasteiger partial charge < -0.3 is 58.5 Å². The van der Waals surface area contributed by atoms with Crippen LogP contribution in [0, 0.1) is 0 Å². The number of methoxy groups -OCH3 is 1. The molecule has 0 aromatic heterocycles. The van der Waals surface area contributed by atoms with Gasteiger partial charge in [-0.1, -0.05) is 19.1 Å². The highest BCUT2D eigenvalue weighted by atomic mass is 16.7. The Morgan fingerprint density at radius 2 is 1.60 bits per heavy atom. The molecule has 16 heteroatoms. The number of aliphatic hydroxyl groups excluding tert-OH is 1. The Balaban J connectivity index is 1.14. The standard InChI is InChI=1S/C42H51NO15/c1-8-42(51)17-28(33-22(35(42)41(50)52-7)14-23-34(38(33)49)37(48)32-21(36(23)47)10-9-11-26(32)45)56-30-15-24(43(5)6)39(19(3)54-30)58-31-16-27(46)40(20(4)55-31)57-29-13-12-25(44)18(2)53-29/h9-14,18-20,24,27-31,35,39-40,45-46,49,51H,8,15-17H2,1-7H3/t18-,19-,20-,24-,27-,28-,29-,30-,31-,35-,39+,40+,42+/m0/s1. The third-order valence-corrected chi connectivity index (χ3v) is 12.1. The molecule has 5 aliphatic rings. The van der Waals surface area contributed by atoms with Crippen molar-refractivity contribution < 1.29 is 72.8 Å². The first-order chi connectivity index (χ1) is 27.5. The maximum absolute atomic E-state index is 13.9. The summed E-state index contributed by atoms with van der Waals surface area (Å²) in [6, 6.07) is 5.09. The minimum Gasteiger partial charge on any atom is -0.507 e. The number of nitrogens with zero attached hydrogens (tertiary/aromatic N) is 1. The minimum atomic E-state index is -1.76. The first kappa shape index (κ1) is 42.0. The molecule has 4 N–H and O–H groups in total. The van der Waals surface area contributed by atoms with Crippen molar-refractivity contribution in [2.75, 3.05) is 21.2 Å². The van der Waals surface area contributed by atoms with Crippen LogP contribution in [-0.4, -0.2) is 137 Å². The molecule has 0 unspecified atom stereocenters. The van der Waals surface area contributed by atoms with Crippen molar-refractivity contribution in [1.29, 1.82) is 0 Å². The molecule has 3 heterocycles. The molecule has 2 fully saturated rings. The van der Waals surface area contributed by atoms with Crippen molar-refractivity contribution in [1.82, 2.24) is 4.90 Å². The number of benzene rings is 2. The molecule has 13 atom stereocenters. The molecule has 0 amide bonds. The summed E-state index contributed by atoms with van der Waals surface area (Å²) in [6.45, 7) is 6.87. The highest BCUT2D eigenvalue weighted by Crippen LogP contribution is 2.54.